The molecule has 8 nitrogen and oxygen atoms in total. The summed E-state index contributed by atoms with van der Waals surface area (Å²) in [6, 6.07) is 13.3. The zero-order valence-corrected chi connectivity index (χ0v) is 19.2. The summed E-state index contributed by atoms with van der Waals surface area (Å²) in [5, 5.41) is 5.43. The zero-order chi connectivity index (χ0) is 23.1. The molecule has 0 aliphatic carbocycles. The van der Waals surface area contributed by atoms with Gasteiger partial charge in [0.25, 0.3) is 0 Å². The molecule has 1 aliphatic rings. The highest BCUT2D eigenvalue weighted by Gasteiger charge is 2.25. The van der Waals surface area contributed by atoms with Crippen molar-refractivity contribution in [3.63, 3.8) is 0 Å². The third-order valence-electron chi connectivity index (χ3n) is 5.74. The topological polar surface area (TPSA) is 83.1 Å². The van der Waals surface area contributed by atoms with Gasteiger partial charge >= 0.3 is 11.8 Å². The van der Waals surface area contributed by atoms with Gasteiger partial charge in [0.05, 0.1) is 20.3 Å². The van der Waals surface area contributed by atoms with Gasteiger partial charge in [-0.15, -0.1) is 0 Å². The van der Waals surface area contributed by atoms with Crippen molar-refractivity contribution >= 4 is 17.5 Å². The van der Waals surface area contributed by atoms with Gasteiger partial charge in [-0.3, -0.25) is 14.5 Å². The van der Waals surface area contributed by atoms with Crippen LogP contribution in [-0.4, -0.2) is 75.6 Å². The highest BCUT2D eigenvalue weighted by molar-refractivity contribution is 6.39. The molecule has 1 saturated heterocycles. The quantitative estimate of drug-likeness (QED) is 0.642. The first-order valence-corrected chi connectivity index (χ1v) is 10.7. The predicted octanol–water partition coefficient (Wildman–Crippen LogP) is 2.06. The van der Waals surface area contributed by atoms with Crippen molar-refractivity contribution in [3.8, 4) is 11.5 Å². The van der Waals surface area contributed by atoms with Crippen molar-refractivity contribution in [2.45, 2.75) is 13.0 Å². The molecule has 1 fully saturated rings. The van der Waals surface area contributed by atoms with Crippen molar-refractivity contribution in [3.05, 3.63) is 53.6 Å². The number of anilines is 1. The van der Waals surface area contributed by atoms with Gasteiger partial charge in [0.15, 0.2) is 11.5 Å². The summed E-state index contributed by atoms with van der Waals surface area (Å²) in [4.78, 5) is 29.7. The lowest BCUT2D eigenvalue weighted by molar-refractivity contribution is -0.136. The minimum atomic E-state index is -0.724. The van der Waals surface area contributed by atoms with E-state index in [0.29, 0.717) is 23.7 Å². The van der Waals surface area contributed by atoms with Crippen LogP contribution in [-0.2, 0) is 9.59 Å². The number of carbonyl (C=O) groups is 2. The molecule has 172 valence electrons. The van der Waals surface area contributed by atoms with Crippen LogP contribution in [0.25, 0.3) is 0 Å². The Hall–Kier alpha value is -3.10. The number of likely N-dealkylation sites (N-methyl/N-ethyl adjacent to an activating group) is 1. The number of piperazine rings is 1. The van der Waals surface area contributed by atoms with Gasteiger partial charge in [0, 0.05) is 44.5 Å². The average molecular weight is 441 g/mol. The van der Waals surface area contributed by atoms with E-state index in [9.17, 15) is 9.59 Å². The Labute approximate surface area is 189 Å². The van der Waals surface area contributed by atoms with E-state index in [1.54, 1.807) is 18.2 Å². The first-order valence-electron chi connectivity index (χ1n) is 10.7. The van der Waals surface area contributed by atoms with Gasteiger partial charge < -0.3 is 25.0 Å². The van der Waals surface area contributed by atoms with Crippen LogP contribution < -0.4 is 20.1 Å². The summed E-state index contributed by atoms with van der Waals surface area (Å²) in [6.45, 7) is 6.15. The molecule has 2 N–H and O–H groups in total. The van der Waals surface area contributed by atoms with Crippen molar-refractivity contribution < 1.29 is 19.1 Å². The Morgan fingerprint density at radius 3 is 2.22 bits per heavy atom. The first kappa shape index (κ1) is 23.6. The molecule has 1 unspecified atom stereocenters. The van der Waals surface area contributed by atoms with Crippen molar-refractivity contribution in [1.29, 1.82) is 0 Å². The molecule has 2 amide bonds. The van der Waals surface area contributed by atoms with E-state index in [4.69, 9.17) is 9.47 Å². The van der Waals surface area contributed by atoms with E-state index in [1.807, 2.05) is 0 Å². The molecule has 32 heavy (non-hydrogen) atoms. The van der Waals surface area contributed by atoms with Crippen LogP contribution >= 0.6 is 0 Å². The summed E-state index contributed by atoms with van der Waals surface area (Å²) in [5.74, 6) is -0.382. The number of nitrogens with one attached hydrogen (secondary N) is 2. The second-order valence-corrected chi connectivity index (χ2v) is 8.00. The van der Waals surface area contributed by atoms with E-state index >= 15 is 0 Å². The van der Waals surface area contributed by atoms with Crippen molar-refractivity contribution in [1.82, 2.24) is 15.1 Å². The number of ether oxygens (including phenoxy) is 2. The molecule has 0 aromatic heterocycles. The Bertz CT molecular complexity index is 924. The molecule has 0 spiro atoms. The van der Waals surface area contributed by atoms with E-state index < -0.39 is 11.8 Å². The number of aryl methyl sites for hydroxylation is 1. The fourth-order valence-corrected chi connectivity index (χ4v) is 3.75. The molecular weight excluding hydrogens is 408 g/mol. The number of hydrogen-bond donors (Lipinski definition) is 2. The largest absolute Gasteiger partial charge is 0.493 e. The van der Waals surface area contributed by atoms with E-state index in [0.717, 1.165) is 31.7 Å². The van der Waals surface area contributed by atoms with Crippen LogP contribution in [0.1, 0.15) is 17.2 Å². The van der Waals surface area contributed by atoms with Crippen LogP contribution in [0.2, 0.25) is 0 Å². The summed E-state index contributed by atoms with van der Waals surface area (Å²) < 4.78 is 10.4. The highest BCUT2D eigenvalue weighted by Crippen LogP contribution is 2.29. The lowest BCUT2D eigenvalue weighted by Gasteiger charge is -2.38. The molecule has 8 heteroatoms. The molecule has 2 aromatic carbocycles. The zero-order valence-electron chi connectivity index (χ0n) is 19.2. The molecule has 0 radical (unpaired) electrons. The molecule has 1 atom stereocenters. The van der Waals surface area contributed by atoms with Gasteiger partial charge in [-0.1, -0.05) is 29.8 Å². The predicted molar refractivity (Wildman–Crippen MR) is 124 cm³/mol. The molecule has 3 rings (SSSR count). The van der Waals surface area contributed by atoms with Crippen molar-refractivity contribution in [2.24, 2.45) is 0 Å². The third-order valence-corrected chi connectivity index (χ3v) is 5.74. The minimum Gasteiger partial charge on any atom is -0.493 e. The normalized spacial score (nSPS) is 15.6. The van der Waals surface area contributed by atoms with Crippen LogP contribution in [0.3, 0.4) is 0 Å². The Balaban J connectivity index is 1.65. The second kappa shape index (κ2) is 11.0. The number of carbonyl (C=O) groups excluding carboxylic acids is 2. The monoisotopic (exact) mass is 440 g/mol. The van der Waals surface area contributed by atoms with Gasteiger partial charge in [-0.05, 0) is 31.7 Å². The number of rotatable bonds is 7. The van der Waals surface area contributed by atoms with Crippen LogP contribution in [0.4, 0.5) is 5.69 Å². The maximum atomic E-state index is 12.5. The third kappa shape index (κ3) is 5.99. The van der Waals surface area contributed by atoms with Crippen molar-refractivity contribution in [2.75, 3.05) is 59.3 Å². The SMILES string of the molecule is COc1ccc(NC(=O)C(=O)NCC(c2ccc(C)cc2)N2CCN(C)CC2)cc1OC. The smallest absolute Gasteiger partial charge is 0.313 e. The first-order chi connectivity index (χ1) is 15.4. The van der Waals surface area contributed by atoms with Gasteiger partial charge in [0.2, 0.25) is 0 Å². The summed E-state index contributed by atoms with van der Waals surface area (Å²) >= 11 is 0. The Kier molecular flexibility index (Phi) is 8.08. The average Bonchev–Trinajstić information content (AvgIpc) is 2.81. The van der Waals surface area contributed by atoms with Crippen LogP contribution in [0.15, 0.2) is 42.5 Å². The van der Waals surface area contributed by atoms with E-state index in [-0.39, 0.29) is 6.04 Å². The van der Waals surface area contributed by atoms with E-state index in [1.165, 1.54) is 19.8 Å². The summed E-state index contributed by atoms with van der Waals surface area (Å²) in [6.07, 6.45) is 0. The molecule has 1 aliphatic heterocycles. The maximum Gasteiger partial charge on any atom is 0.313 e. The Morgan fingerprint density at radius 2 is 1.59 bits per heavy atom. The number of amides is 2. The molecule has 1 heterocycles. The summed E-state index contributed by atoms with van der Waals surface area (Å²) in [5.41, 5.74) is 2.77. The van der Waals surface area contributed by atoms with Gasteiger partial charge in [-0.2, -0.15) is 0 Å². The Morgan fingerprint density at radius 1 is 0.938 bits per heavy atom. The molecular formula is C24H32N4O4. The van der Waals surface area contributed by atoms with Crippen LogP contribution in [0, 0.1) is 6.92 Å². The van der Waals surface area contributed by atoms with Crippen LogP contribution in [0.5, 0.6) is 11.5 Å². The lowest BCUT2D eigenvalue weighted by Crippen LogP contribution is -2.49. The molecule has 0 saturated carbocycles. The number of benzene rings is 2. The summed E-state index contributed by atoms with van der Waals surface area (Å²) in [7, 11) is 5.16. The number of nitrogens with zero attached hydrogens (tertiary/aromatic N) is 2. The lowest BCUT2D eigenvalue weighted by atomic mass is 10.0. The van der Waals surface area contributed by atoms with Gasteiger partial charge in [-0.25, -0.2) is 0 Å². The standard InChI is InChI=1S/C24H32N4O4/c1-17-5-7-18(8-6-17)20(28-13-11-27(2)12-14-28)16-25-23(29)24(30)26-19-9-10-21(31-3)22(15-19)32-4/h5-10,15,20H,11-14,16H2,1-4H3,(H,25,29)(H,26,30). The minimum absolute atomic E-state index is 0.00197. The van der Waals surface area contributed by atoms with E-state index in [2.05, 4.69) is 58.7 Å². The fraction of sp³-hybridized carbons (Fsp3) is 0.417. The van der Waals surface area contributed by atoms with Gasteiger partial charge in [0.1, 0.15) is 0 Å². The maximum absolute atomic E-state index is 12.5. The molecule has 2 aromatic rings. The highest BCUT2D eigenvalue weighted by atomic mass is 16.5. The number of hydrogen-bond acceptors (Lipinski definition) is 6. The second-order valence-electron chi connectivity index (χ2n) is 8.00. The molecule has 0 bridgehead atoms. The number of methoxy groups -OCH3 is 2. The fourth-order valence-electron chi connectivity index (χ4n) is 3.75.